The average Bonchev–Trinajstić information content (AvgIpc) is 2.61. The molecule has 0 N–H and O–H groups in total. The molecule has 0 bridgehead atoms. The van der Waals surface area contributed by atoms with Gasteiger partial charge in [0.1, 0.15) is 11.4 Å². The van der Waals surface area contributed by atoms with Crippen molar-refractivity contribution in [2.45, 2.75) is 39.3 Å². The summed E-state index contributed by atoms with van der Waals surface area (Å²) >= 11 is 0. The predicted octanol–water partition coefficient (Wildman–Crippen LogP) is 3.88. The zero-order valence-corrected chi connectivity index (χ0v) is 13.4. The lowest BCUT2D eigenvalue weighted by Crippen LogP contribution is -2.52. The molecule has 118 valence electrons. The molecule has 2 aromatic rings. The molecule has 1 fully saturated rings. The topological polar surface area (TPSA) is 34.5 Å². The van der Waals surface area contributed by atoms with E-state index < -0.39 is 5.60 Å². The summed E-state index contributed by atoms with van der Waals surface area (Å²) in [6.45, 7) is 8.84. The SMILES string of the molecule is Cc1cc2cc(F)ccc2n1C1CN(C(=O)OC(C)(C)C)C1. The number of likely N-dealkylation sites (tertiary alicyclic amines) is 1. The molecule has 0 radical (unpaired) electrons. The summed E-state index contributed by atoms with van der Waals surface area (Å²) < 4.78 is 20.9. The van der Waals surface area contributed by atoms with Crippen molar-refractivity contribution in [2.24, 2.45) is 0 Å². The largest absolute Gasteiger partial charge is 0.444 e. The van der Waals surface area contributed by atoms with Gasteiger partial charge in [-0.2, -0.15) is 0 Å². The summed E-state index contributed by atoms with van der Waals surface area (Å²) in [7, 11) is 0. The molecule has 3 rings (SSSR count). The van der Waals surface area contributed by atoms with Crippen LogP contribution < -0.4 is 0 Å². The highest BCUT2D eigenvalue weighted by Crippen LogP contribution is 2.30. The standard InChI is InChI=1S/C17H21FN2O2/c1-11-7-12-8-13(18)5-6-15(12)20(11)14-9-19(10-14)16(21)22-17(2,3)4/h5-8,14H,9-10H2,1-4H3. The van der Waals surface area contributed by atoms with Gasteiger partial charge < -0.3 is 14.2 Å². The zero-order chi connectivity index (χ0) is 16.1. The van der Waals surface area contributed by atoms with Gasteiger partial charge in [0.25, 0.3) is 0 Å². The molecule has 0 unspecified atom stereocenters. The van der Waals surface area contributed by atoms with Gasteiger partial charge in [-0.05, 0) is 52.0 Å². The number of hydrogen-bond donors (Lipinski definition) is 0. The Morgan fingerprint density at radius 2 is 1.95 bits per heavy atom. The highest BCUT2D eigenvalue weighted by atomic mass is 19.1. The minimum atomic E-state index is -0.476. The van der Waals surface area contributed by atoms with Gasteiger partial charge in [0.2, 0.25) is 0 Å². The van der Waals surface area contributed by atoms with Gasteiger partial charge in [-0.1, -0.05) is 0 Å². The van der Waals surface area contributed by atoms with Crippen molar-refractivity contribution in [2.75, 3.05) is 13.1 Å². The molecular weight excluding hydrogens is 283 g/mol. The summed E-state index contributed by atoms with van der Waals surface area (Å²) in [6.07, 6.45) is -0.274. The summed E-state index contributed by atoms with van der Waals surface area (Å²) in [6, 6.07) is 7.02. The number of ether oxygens (including phenoxy) is 1. The Bertz CT molecular complexity index is 724. The Labute approximate surface area is 129 Å². The number of hydrogen-bond acceptors (Lipinski definition) is 2. The molecule has 5 heteroatoms. The summed E-state index contributed by atoms with van der Waals surface area (Å²) in [4.78, 5) is 13.7. The molecule has 0 aliphatic carbocycles. The van der Waals surface area contributed by atoms with E-state index in [0.29, 0.717) is 13.1 Å². The van der Waals surface area contributed by atoms with E-state index in [0.717, 1.165) is 16.6 Å². The van der Waals surface area contributed by atoms with Crippen molar-refractivity contribution < 1.29 is 13.9 Å². The first kappa shape index (κ1) is 14.9. The van der Waals surface area contributed by atoms with E-state index in [-0.39, 0.29) is 18.0 Å². The van der Waals surface area contributed by atoms with Crippen molar-refractivity contribution in [3.63, 3.8) is 0 Å². The second kappa shape index (κ2) is 5.00. The quantitative estimate of drug-likeness (QED) is 0.801. The first-order chi connectivity index (χ1) is 10.2. The van der Waals surface area contributed by atoms with Gasteiger partial charge in [-0.15, -0.1) is 0 Å². The Morgan fingerprint density at radius 3 is 2.59 bits per heavy atom. The van der Waals surface area contributed by atoms with Crippen LogP contribution >= 0.6 is 0 Å². The first-order valence-corrected chi connectivity index (χ1v) is 7.49. The number of rotatable bonds is 1. The molecule has 0 atom stereocenters. The normalized spacial score (nSPS) is 16.0. The number of halogens is 1. The second-order valence-electron chi connectivity index (χ2n) is 6.90. The highest BCUT2D eigenvalue weighted by Gasteiger charge is 2.35. The molecule has 2 heterocycles. The van der Waals surface area contributed by atoms with E-state index in [4.69, 9.17) is 4.74 Å². The van der Waals surface area contributed by atoms with Crippen LogP contribution in [0.25, 0.3) is 10.9 Å². The number of fused-ring (bicyclic) bond motifs is 1. The smallest absolute Gasteiger partial charge is 0.410 e. The molecule has 1 aliphatic rings. The summed E-state index contributed by atoms with van der Waals surface area (Å²) in [5.41, 5.74) is 1.61. The van der Waals surface area contributed by atoms with E-state index in [2.05, 4.69) is 4.57 Å². The maximum absolute atomic E-state index is 13.3. The van der Waals surface area contributed by atoms with Gasteiger partial charge in [-0.3, -0.25) is 0 Å². The fourth-order valence-electron chi connectivity index (χ4n) is 2.92. The molecular formula is C17H21FN2O2. The van der Waals surface area contributed by atoms with Crippen molar-refractivity contribution in [1.29, 1.82) is 0 Å². The van der Waals surface area contributed by atoms with Crippen molar-refractivity contribution in [1.82, 2.24) is 9.47 Å². The maximum Gasteiger partial charge on any atom is 0.410 e. The van der Waals surface area contributed by atoms with Gasteiger partial charge in [0.15, 0.2) is 0 Å². The van der Waals surface area contributed by atoms with E-state index in [1.165, 1.54) is 6.07 Å². The van der Waals surface area contributed by atoms with Crippen LogP contribution in [0.2, 0.25) is 0 Å². The first-order valence-electron chi connectivity index (χ1n) is 7.49. The van der Waals surface area contributed by atoms with E-state index in [9.17, 15) is 9.18 Å². The van der Waals surface area contributed by atoms with E-state index in [1.54, 1.807) is 17.0 Å². The average molecular weight is 304 g/mol. The van der Waals surface area contributed by atoms with Crippen molar-refractivity contribution in [3.8, 4) is 0 Å². The van der Waals surface area contributed by atoms with Crippen LogP contribution in [0.3, 0.4) is 0 Å². The molecule has 1 aliphatic heterocycles. The number of nitrogens with zero attached hydrogens (tertiary/aromatic N) is 2. The van der Waals surface area contributed by atoms with Crippen molar-refractivity contribution in [3.05, 3.63) is 35.8 Å². The molecule has 1 saturated heterocycles. The molecule has 0 saturated carbocycles. The molecule has 4 nitrogen and oxygen atoms in total. The van der Waals surface area contributed by atoms with E-state index in [1.807, 2.05) is 33.8 Å². The van der Waals surface area contributed by atoms with Crippen LogP contribution in [0.4, 0.5) is 9.18 Å². The van der Waals surface area contributed by atoms with Crippen LogP contribution in [0.5, 0.6) is 0 Å². The number of carbonyl (C=O) groups excluding carboxylic acids is 1. The third-order valence-corrected chi connectivity index (χ3v) is 3.87. The minimum absolute atomic E-state index is 0.218. The Hall–Kier alpha value is -2.04. The molecule has 1 aromatic carbocycles. The van der Waals surface area contributed by atoms with Crippen LogP contribution in [-0.4, -0.2) is 34.3 Å². The highest BCUT2D eigenvalue weighted by molar-refractivity contribution is 5.81. The van der Waals surface area contributed by atoms with Gasteiger partial charge in [0, 0.05) is 29.7 Å². The van der Waals surface area contributed by atoms with Gasteiger partial charge >= 0.3 is 6.09 Å². The third kappa shape index (κ3) is 2.67. The van der Waals surface area contributed by atoms with E-state index >= 15 is 0 Å². The second-order valence-corrected chi connectivity index (χ2v) is 6.90. The van der Waals surface area contributed by atoms with Crippen LogP contribution in [-0.2, 0) is 4.74 Å². The summed E-state index contributed by atoms with van der Waals surface area (Å²) in [5, 5.41) is 0.896. The van der Waals surface area contributed by atoms with Gasteiger partial charge in [-0.25, -0.2) is 9.18 Å². The maximum atomic E-state index is 13.3. The number of aryl methyl sites for hydroxylation is 1. The lowest BCUT2D eigenvalue weighted by Gasteiger charge is -2.41. The number of benzene rings is 1. The minimum Gasteiger partial charge on any atom is -0.444 e. The lowest BCUT2D eigenvalue weighted by molar-refractivity contribution is 0.00137. The zero-order valence-electron chi connectivity index (χ0n) is 13.4. The monoisotopic (exact) mass is 304 g/mol. The number of amides is 1. The molecule has 1 amide bonds. The van der Waals surface area contributed by atoms with Crippen molar-refractivity contribution >= 4 is 17.0 Å². The lowest BCUT2D eigenvalue weighted by atomic mass is 10.1. The predicted molar refractivity (Wildman–Crippen MR) is 83.5 cm³/mol. The fourth-order valence-corrected chi connectivity index (χ4v) is 2.92. The molecule has 1 aromatic heterocycles. The van der Waals surface area contributed by atoms with Crippen LogP contribution in [0.15, 0.2) is 24.3 Å². The third-order valence-electron chi connectivity index (χ3n) is 3.87. The number of aromatic nitrogens is 1. The Morgan fingerprint density at radius 1 is 1.27 bits per heavy atom. The van der Waals surface area contributed by atoms with Gasteiger partial charge in [0.05, 0.1) is 6.04 Å². The molecule has 0 spiro atoms. The Kier molecular flexibility index (Phi) is 3.38. The number of carbonyl (C=O) groups is 1. The fraction of sp³-hybridized carbons (Fsp3) is 0.471. The van der Waals surface area contributed by atoms with Crippen LogP contribution in [0, 0.1) is 12.7 Å². The van der Waals surface area contributed by atoms with Crippen LogP contribution in [0.1, 0.15) is 32.5 Å². The molecule has 22 heavy (non-hydrogen) atoms. The summed E-state index contributed by atoms with van der Waals surface area (Å²) in [5.74, 6) is -0.228. The Balaban J connectivity index is 1.76.